The fraction of sp³-hybridized carbons (Fsp3) is 0.222. The first-order valence-electron chi connectivity index (χ1n) is 11.2. The van der Waals surface area contributed by atoms with Gasteiger partial charge in [-0.25, -0.2) is 0 Å². The van der Waals surface area contributed by atoms with E-state index < -0.39 is 0 Å². The van der Waals surface area contributed by atoms with E-state index in [4.69, 9.17) is 0 Å². The van der Waals surface area contributed by atoms with Gasteiger partial charge >= 0.3 is 0 Å². The second-order valence-corrected chi connectivity index (χ2v) is 7.62. The summed E-state index contributed by atoms with van der Waals surface area (Å²) in [5.41, 5.74) is 2.07. The number of aliphatic imine (C=N–C) groups is 3. The molecule has 0 unspecified atom stereocenters. The molecule has 0 aliphatic rings. The summed E-state index contributed by atoms with van der Waals surface area (Å²) in [6.07, 6.45) is 5.04. The van der Waals surface area contributed by atoms with Crippen molar-refractivity contribution >= 4 is 18.6 Å². The zero-order valence-corrected chi connectivity index (χ0v) is 20.6. The molecular weight excluding hydrogens is 483 g/mol. The van der Waals surface area contributed by atoms with E-state index in [0.29, 0.717) is 56.0 Å². The molecule has 35 heavy (non-hydrogen) atoms. The van der Waals surface area contributed by atoms with Crippen molar-refractivity contribution in [3.63, 3.8) is 0 Å². The number of para-hydroxylation sites is 3. The molecule has 3 aromatic carbocycles. The van der Waals surface area contributed by atoms with Crippen molar-refractivity contribution in [3.05, 3.63) is 89.5 Å². The molecule has 0 atom stereocenters. The summed E-state index contributed by atoms with van der Waals surface area (Å²) in [6.45, 7) is 3.84. The Labute approximate surface area is 216 Å². The van der Waals surface area contributed by atoms with Crippen LogP contribution >= 0.6 is 0 Å². The van der Waals surface area contributed by atoms with Gasteiger partial charge in [-0.2, -0.15) is 0 Å². The van der Waals surface area contributed by atoms with Crippen LogP contribution in [0.5, 0.6) is 17.2 Å². The van der Waals surface area contributed by atoms with Gasteiger partial charge in [0.05, 0.1) is 19.6 Å². The van der Waals surface area contributed by atoms with Gasteiger partial charge in [0.15, 0.2) is 0 Å². The first-order valence-corrected chi connectivity index (χ1v) is 11.2. The second kappa shape index (κ2) is 15.5. The number of benzene rings is 3. The first kappa shape index (κ1) is 27.8. The molecule has 3 aromatic rings. The van der Waals surface area contributed by atoms with Gasteiger partial charge < -0.3 is 15.3 Å². The van der Waals surface area contributed by atoms with Gasteiger partial charge in [0.2, 0.25) is 0 Å². The van der Waals surface area contributed by atoms with Crippen LogP contribution in [0, 0.1) is 0 Å². The number of nitrogens with zero attached hydrogens (tertiary/aromatic N) is 4. The van der Waals surface area contributed by atoms with Gasteiger partial charge in [-0.1, -0.05) is 36.4 Å². The van der Waals surface area contributed by atoms with E-state index >= 15 is 0 Å². The normalized spacial score (nSPS) is 11.6. The SMILES string of the molecule is Oc1ccccc1C=NCCN(CCN=Cc1ccccc1O)CCN=Cc1ccccc1O.[Mn]. The minimum atomic E-state index is 0. The van der Waals surface area contributed by atoms with Crippen LogP contribution in [-0.4, -0.2) is 78.1 Å². The van der Waals surface area contributed by atoms with E-state index in [2.05, 4.69) is 19.9 Å². The molecule has 0 amide bonds. The second-order valence-electron chi connectivity index (χ2n) is 7.62. The van der Waals surface area contributed by atoms with Crippen molar-refractivity contribution in [2.45, 2.75) is 0 Å². The van der Waals surface area contributed by atoms with Gasteiger partial charge in [-0.05, 0) is 36.4 Å². The van der Waals surface area contributed by atoms with E-state index in [1.165, 1.54) is 0 Å². The standard InChI is InChI=1S/C27H30N4O3.Mn/c32-25-10-4-1-7-22(25)19-28-13-16-31(17-14-29-20-23-8-2-5-11-26(23)33)18-15-30-21-24-9-3-6-12-27(24)34;/h1-12,19-21,32-34H,13-18H2;. The van der Waals surface area contributed by atoms with Crippen LogP contribution in [0.3, 0.4) is 0 Å². The fourth-order valence-electron chi connectivity index (χ4n) is 3.21. The van der Waals surface area contributed by atoms with Crippen LogP contribution in [0.15, 0.2) is 87.8 Å². The molecule has 0 aromatic heterocycles. The summed E-state index contributed by atoms with van der Waals surface area (Å²) in [7, 11) is 0. The van der Waals surface area contributed by atoms with Crippen molar-refractivity contribution in [1.82, 2.24) is 4.90 Å². The summed E-state index contributed by atoms with van der Waals surface area (Å²) in [4.78, 5) is 15.6. The molecule has 0 aliphatic carbocycles. The number of phenolic OH excluding ortho intramolecular Hbond substituents is 3. The average Bonchev–Trinajstić information content (AvgIpc) is 2.84. The molecule has 0 bridgehead atoms. The Morgan fingerprint density at radius 2 is 0.800 bits per heavy atom. The van der Waals surface area contributed by atoms with Crippen molar-refractivity contribution in [2.75, 3.05) is 39.3 Å². The van der Waals surface area contributed by atoms with Crippen LogP contribution < -0.4 is 0 Å². The first-order chi connectivity index (χ1) is 16.6. The third-order valence-corrected chi connectivity index (χ3v) is 5.14. The Morgan fingerprint density at radius 3 is 1.09 bits per heavy atom. The van der Waals surface area contributed by atoms with Crippen molar-refractivity contribution in [1.29, 1.82) is 0 Å². The summed E-state index contributed by atoms with van der Waals surface area (Å²) in [5.74, 6) is 0.625. The maximum Gasteiger partial charge on any atom is 0.124 e. The smallest absolute Gasteiger partial charge is 0.124 e. The van der Waals surface area contributed by atoms with Gasteiger partial charge in [-0.15, -0.1) is 0 Å². The van der Waals surface area contributed by atoms with Crippen LogP contribution in [0.4, 0.5) is 0 Å². The van der Waals surface area contributed by atoms with Crippen molar-refractivity contribution < 1.29 is 32.4 Å². The third-order valence-electron chi connectivity index (χ3n) is 5.14. The Balaban J connectivity index is 0.00000432. The number of hydrogen-bond donors (Lipinski definition) is 3. The molecule has 0 saturated heterocycles. The minimum absolute atomic E-state index is 0. The Hall–Kier alpha value is -3.45. The zero-order valence-electron chi connectivity index (χ0n) is 19.4. The van der Waals surface area contributed by atoms with Gasteiger partial charge in [0.1, 0.15) is 17.2 Å². The predicted molar refractivity (Wildman–Crippen MR) is 138 cm³/mol. The number of hydrogen-bond acceptors (Lipinski definition) is 7. The molecule has 0 aliphatic heterocycles. The quantitative estimate of drug-likeness (QED) is 0.254. The summed E-state index contributed by atoms with van der Waals surface area (Å²) in [6, 6.07) is 21.3. The van der Waals surface area contributed by atoms with E-state index in [0.717, 1.165) is 0 Å². The molecule has 0 spiro atoms. The molecule has 8 heteroatoms. The van der Waals surface area contributed by atoms with Crippen LogP contribution in [0.1, 0.15) is 16.7 Å². The number of phenols is 3. The van der Waals surface area contributed by atoms with E-state index in [1.807, 2.05) is 36.4 Å². The summed E-state index contributed by atoms with van der Waals surface area (Å²) >= 11 is 0. The maximum absolute atomic E-state index is 9.86. The van der Waals surface area contributed by atoms with Crippen LogP contribution in [0.2, 0.25) is 0 Å². The largest absolute Gasteiger partial charge is 0.507 e. The molecule has 7 nitrogen and oxygen atoms in total. The van der Waals surface area contributed by atoms with Gasteiger partial charge in [0, 0.05) is 72.0 Å². The van der Waals surface area contributed by atoms with Gasteiger partial charge in [0.25, 0.3) is 0 Å². The predicted octanol–water partition coefficient (Wildman–Crippen LogP) is 3.76. The molecule has 3 rings (SSSR count). The Kier molecular flexibility index (Phi) is 12.3. The monoisotopic (exact) mass is 513 g/mol. The molecule has 0 heterocycles. The Bertz CT molecular complexity index is 993. The van der Waals surface area contributed by atoms with Crippen molar-refractivity contribution in [3.8, 4) is 17.2 Å². The maximum atomic E-state index is 9.86. The fourth-order valence-corrected chi connectivity index (χ4v) is 3.21. The van der Waals surface area contributed by atoms with E-state index in [9.17, 15) is 15.3 Å². The topological polar surface area (TPSA) is 101 Å². The van der Waals surface area contributed by atoms with E-state index in [-0.39, 0.29) is 34.3 Å². The average molecular weight is 514 g/mol. The third kappa shape index (κ3) is 9.74. The molecule has 1 radical (unpaired) electrons. The number of rotatable bonds is 12. The molecule has 3 N–H and O–H groups in total. The Morgan fingerprint density at radius 1 is 0.514 bits per heavy atom. The molecule has 183 valence electrons. The van der Waals surface area contributed by atoms with Crippen molar-refractivity contribution in [2.24, 2.45) is 15.0 Å². The summed E-state index contributed by atoms with van der Waals surface area (Å²) < 4.78 is 0. The van der Waals surface area contributed by atoms with Gasteiger partial charge in [-0.3, -0.25) is 19.9 Å². The van der Waals surface area contributed by atoms with E-state index in [1.54, 1.807) is 55.0 Å². The molecule has 0 saturated carbocycles. The summed E-state index contributed by atoms with van der Waals surface area (Å²) in [5, 5.41) is 29.6. The molecular formula is C27H30MnN4O3. The number of aromatic hydroxyl groups is 3. The van der Waals surface area contributed by atoms with Crippen LogP contribution in [-0.2, 0) is 17.1 Å². The zero-order chi connectivity index (χ0) is 24.0. The minimum Gasteiger partial charge on any atom is -0.507 e. The van der Waals surface area contributed by atoms with Crippen LogP contribution in [0.25, 0.3) is 0 Å². The molecule has 0 fully saturated rings.